The van der Waals surface area contributed by atoms with Gasteiger partial charge in [0.2, 0.25) is 0 Å². The van der Waals surface area contributed by atoms with Crippen LogP contribution in [0.1, 0.15) is 17.5 Å². The third-order valence-corrected chi connectivity index (χ3v) is 3.94. The van der Waals surface area contributed by atoms with Crippen LogP contribution in [0.2, 0.25) is 0 Å². The number of hydrogen-bond donors (Lipinski definition) is 1. The maximum Gasteiger partial charge on any atom is 0.194 e. The predicted molar refractivity (Wildman–Crippen MR) is 116 cm³/mol. The maximum atomic E-state index is 5.75. The second kappa shape index (κ2) is 10.3. The molecule has 1 N–H and O–H groups in total. The molecule has 0 bridgehead atoms. The fraction of sp³-hybridized carbons (Fsp3) is 0.350. The van der Waals surface area contributed by atoms with E-state index in [2.05, 4.69) is 17.4 Å². The number of rotatable bonds is 4. The van der Waals surface area contributed by atoms with Crippen LogP contribution in [-0.4, -0.2) is 38.2 Å². The van der Waals surface area contributed by atoms with Gasteiger partial charge in [0.15, 0.2) is 17.5 Å². The Bertz CT molecular complexity index is 720. The molecule has 3 rings (SSSR count). The van der Waals surface area contributed by atoms with Crippen LogP contribution >= 0.6 is 24.0 Å². The molecule has 1 heterocycles. The minimum atomic E-state index is 0. The summed E-state index contributed by atoms with van der Waals surface area (Å²) in [6, 6.07) is 16.3. The second-order valence-electron chi connectivity index (χ2n) is 6.20. The van der Waals surface area contributed by atoms with Gasteiger partial charge < -0.3 is 19.7 Å². The summed E-state index contributed by atoms with van der Waals surface area (Å²) in [6.45, 7) is 2.74. The van der Waals surface area contributed by atoms with Gasteiger partial charge in [-0.15, -0.1) is 24.0 Å². The molecule has 1 aliphatic rings. The zero-order valence-corrected chi connectivity index (χ0v) is 17.6. The summed E-state index contributed by atoms with van der Waals surface area (Å²) in [5, 5.41) is 3.40. The molecule has 2 aromatic rings. The maximum absolute atomic E-state index is 5.75. The molecule has 1 aliphatic heterocycles. The zero-order valence-electron chi connectivity index (χ0n) is 15.3. The van der Waals surface area contributed by atoms with Crippen molar-refractivity contribution in [2.24, 2.45) is 4.99 Å². The number of nitrogens with zero attached hydrogens (tertiary/aromatic N) is 2. The van der Waals surface area contributed by atoms with E-state index in [0.29, 0.717) is 19.8 Å². The Hall–Kier alpha value is -1.96. The van der Waals surface area contributed by atoms with Crippen molar-refractivity contribution in [3.05, 3.63) is 59.7 Å². The average molecular weight is 467 g/mol. The molecule has 140 valence electrons. The fourth-order valence-electron chi connectivity index (χ4n) is 2.60. The van der Waals surface area contributed by atoms with E-state index in [-0.39, 0.29) is 24.0 Å². The van der Waals surface area contributed by atoms with Crippen molar-refractivity contribution in [1.82, 2.24) is 10.2 Å². The van der Waals surface area contributed by atoms with Crippen LogP contribution in [0.15, 0.2) is 53.5 Å². The predicted octanol–water partition coefficient (Wildman–Crippen LogP) is 3.67. The molecule has 0 radical (unpaired) electrons. The SMILES string of the molecule is CN(C)C(=NCc1ccc2c(c1)OCCCO2)NCc1ccccc1.I. The van der Waals surface area contributed by atoms with Crippen LogP contribution in [0.5, 0.6) is 11.5 Å². The highest BCUT2D eigenvalue weighted by atomic mass is 127. The molecule has 0 saturated carbocycles. The lowest BCUT2D eigenvalue weighted by Gasteiger charge is -2.18. The second-order valence-corrected chi connectivity index (χ2v) is 6.20. The molecule has 6 heteroatoms. The third kappa shape index (κ3) is 5.79. The van der Waals surface area contributed by atoms with Crippen LogP contribution in [0.4, 0.5) is 0 Å². The van der Waals surface area contributed by atoms with Gasteiger partial charge in [-0.05, 0) is 23.3 Å². The standard InChI is InChI=1S/C20H25N3O2.HI/c1-23(2)20(21-14-16-7-4-3-5-8-16)22-15-17-9-10-18-19(13-17)25-12-6-11-24-18;/h3-5,7-10,13H,6,11-12,14-15H2,1-2H3,(H,21,22);1H. The van der Waals surface area contributed by atoms with E-state index in [1.54, 1.807) is 0 Å². The topological polar surface area (TPSA) is 46.1 Å². The van der Waals surface area contributed by atoms with Crippen molar-refractivity contribution in [3.63, 3.8) is 0 Å². The van der Waals surface area contributed by atoms with Crippen molar-refractivity contribution in [2.45, 2.75) is 19.5 Å². The molecule has 0 unspecified atom stereocenters. The molecule has 0 aromatic heterocycles. The van der Waals surface area contributed by atoms with Gasteiger partial charge >= 0.3 is 0 Å². The summed E-state index contributed by atoms with van der Waals surface area (Å²) in [5.41, 5.74) is 2.33. The van der Waals surface area contributed by atoms with Gasteiger partial charge in [-0.2, -0.15) is 0 Å². The molecule has 5 nitrogen and oxygen atoms in total. The highest BCUT2D eigenvalue weighted by Gasteiger charge is 2.10. The Morgan fingerprint density at radius 1 is 1.00 bits per heavy atom. The fourth-order valence-corrected chi connectivity index (χ4v) is 2.60. The first kappa shape index (κ1) is 20.4. The van der Waals surface area contributed by atoms with E-state index < -0.39 is 0 Å². The summed E-state index contributed by atoms with van der Waals surface area (Å²) in [6.07, 6.45) is 0.913. The van der Waals surface area contributed by atoms with Gasteiger partial charge in [0.25, 0.3) is 0 Å². The number of ether oxygens (including phenoxy) is 2. The normalized spacial score (nSPS) is 13.4. The highest BCUT2D eigenvalue weighted by molar-refractivity contribution is 14.0. The van der Waals surface area contributed by atoms with Crippen molar-refractivity contribution in [2.75, 3.05) is 27.3 Å². The average Bonchev–Trinajstić information content (AvgIpc) is 2.87. The van der Waals surface area contributed by atoms with Crippen LogP contribution < -0.4 is 14.8 Å². The van der Waals surface area contributed by atoms with Crippen molar-refractivity contribution in [3.8, 4) is 11.5 Å². The van der Waals surface area contributed by atoms with Crippen LogP contribution in [0, 0.1) is 0 Å². The summed E-state index contributed by atoms with van der Waals surface area (Å²) >= 11 is 0. The lowest BCUT2D eigenvalue weighted by atomic mass is 10.2. The van der Waals surface area contributed by atoms with E-state index in [1.165, 1.54) is 5.56 Å². The minimum Gasteiger partial charge on any atom is -0.490 e. The number of fused-ring (bicyclic) bond motifs is 1. The summed E-state index contributed by atoms with van der Waals surface area (Å²) < 4.78 is 11.4. The lowest BCUT2D eigenvalue weighted by molar-refractivity contribution is 0.297. The molecule has 0 amide bonds. The quantitative estimate of drug-likeness (QED) is 0.424. The van der Waals surface area contributed by atoms with E-state index in [0.717, 1.165) is 36.0 Å². The van der Waals surface area contributed by atoms with Crippen molar-refractivity contribution < 1.29 is 9.47 Å². The molecule has 0 aliphatic carbocycles. The number of guanidine groups is 1. The van der Waals surface area contributed by atoms with Gasteiger partial charge in [-0.1, -0.05) is 36.4 Å². The lowest BCUT2D eigenvalue weighted by Crippen LogP contribution is -2.36. The smallest absolute Gasteiger partial charge is 0.194 e. The Morgan fingerprint density at radius 2 is 1.73 bits per heavy atom. The van der Waals surface area contributed by atoms with Gasteiger partial charge in [0, 0.05) is 27.1 Å². The van der Waals surface area contributed by atoms with Gasteiger partial charge in [-0.3, -0.25) is 0 Å². The highest BCUT2D eigenvalue weighted by Crippen LogP contribution is 2.30. The van der Waals surface area contributed by atoms with E-state index >= 15 is 0 Å². The Kier molecular flexibility index (Phi) is 8.03. The molecule has 0 saturated heterocycles. The monoisotopic (exact) mass is 467 g/mol. The first-order chi connectivity index (χ1) is 12.2. The Balaban J connectivity index is 0.00000243. The third-order valence-electron chi connectivity index (χ3n) is 3.94. The number of halogens is 1. The zero-order chi connectivity index (χ0) is 17.5. The number of benzene rings is 2. The summed E-state index contributed by atoms with van der Waals surface area (Å²) in [5.74, 6) is 2.49. The number of hydrogen-bond acceptors (Lipinski definition) is 3. The van der Waals surface area contributed by atoms with Crippen molar-refractivity contribution >= 4 is 29.9 Å². The van der Waals surface area contributed by atoms with Gasteiger partial charge in [0.05, 0.1) is 19.8 Å². The van der Waals surface area contributed by atoms with E-state index in [4.69, 9.17) is 14.5 Å². The Labute approximate surface area is 172 Å². The van der Waals surface area contributed by atoms with E-state index in [9.17, 15) is 0 Å². The van der Waals surface area contributed by atoms with E-state index in [1.807, 2.05) is 55.4 Å². The Morgan fingerprint density at radius 3 is 2.46 bits per heavy atom. The van der Waals surface area contributed by atoms with Crippen LogP contribution in [-0.2, 0) is 13.1 Å². The van der Waals surface area contributed by atoms with Gasteiger partial charge in [0.1, 0.15) is 0 Å². The largest absolute Gasteiger partial charge is 0.490 e. The van der Waals surface area contributed by atoms with Gasteiger partial charge in [-0.25, -0.2) is 4.99 Å². The number of aliphatic imine (C=N–C) groups is 1. The first-order valence-electron chi connectivity index (χ1n) is 8.60. The summed E-state index contributed by atoms with van der Waals surface area (Å²) in [4.78, 5) is 6.71. The molecule has 0 fully saturated rings. The summed E-state index contributed by atoms with van der Waals surface area (Å²) in [7, 11) is 3.98. The number of nitrogens with one attached hydrogen (secondary N) is 1. The molecule has 26 heavy (non-hydrogen) atoms. The minimum absolute atomic E-state index is 0. The first-order valence-corrected chi connectivity index (χ1v) is 8.60. The molecule has 2 aromatic carbocycles. The van der Waals surface area contributed by atoms with Crippen LogP contribution in [0.3, 0.4) is 0 Å². The molecular formula is C20H26IN3O2. The molecule has 0 atom stereocenters. The van der Waals surface area contributed by atoms with Crippen molar-refractivity contribution in [1.29, 1.82) is 0 Å². The molecular weight excluding hydrogens is 441 g/mol. The molecule has 0 spiro atoms. The van der Waals surface area contributed by atoms with Crippen LogP contribution in [0.25, 0.3) is 0 Å².